The number of amides is 2. The molecule has 0 unspecified atom stereocenters. The molecule has 9 heteroatoms. The Morgan fingerprint density at radius 1 is 0.949 bits per heavy atom. The van der Waals surface area contributed by atoms with Crippen LogP contribution in [0.3, 0.4) is 0 Å². The van der Waals surface area contributed by atoms with Crippen molar-refractivity contribution in [1.29, 1.82) is 0 Å². The third-order valence-corrected chi connectivity index (χ3v) is 7.39. The van der Waals surface area contributed by atoms with Crippen LogP contribution in [0.25, 0.3) is 11.3 Å². The standard InChI is InChI=1S/C30H32FN5O2S/c31-25-9-11-26(12-10-25)34-30-36(16-4-15-32-29(37)33-21-23-5-2-1-3-6-23)28(22-39-30)24-7-13-27(14-8-24)35-17-19-38-20-18-35/h1-3,5-14,22H,4,15-21H2,(H2,32,33,37)/b34-30-. The number of carbonyl (C=O) groups excluding carboxylic acids is 1. The number of hydrogen-bond donors (Lipinski definition) is 2. The monoisotopic (exact) mass is 545 g/mol. The zero-order valence-electron chi connectivity index (χ0n) is 21.7. The molecule has 2 N–H and O–H groups in total. The lowest BCUT2D eigenvalue weighted by Crippen LogP contribution is -2.36. The molecule has 39 heavy (non-hydrogen) atoms. The molecule has 202 valence electrons. The van der Waals surface area contributed by atoms with Crippen molar-refractivity contribution < 1.29 is 13.9 Å². The fourth-order valence-corrected chi connectivity index (χ4v) is 5.39. The Hall–Kier alpha value is -3.95. The van der Waals surface area contributed by atoms with Crippen molar-refractivity contribution in [3.8, 4) is 11.3 Å². The van der Waals surface area contributed by atoms with Crippen molar-refractivity contribution in [1.82, 2.24) is 15.2 Å². The van der Waals surface area contributed by atoms with E-state index in [0.29, 0.717) is 25.3 Å². The summed E-state index contributed by atoms with van der Waals surface area (Å²) < 4.78 is 21.1. The number of benzene rings is 3. The molecule has 1 fully saturated rings. The lowest BCUT2D eigenvalue weighted by molar-refractivity contribution is 0.122. The molecule has 0 bridgehead atoms. The number of thiazole rings is 1. The Kier molecular flexibility index (Phi) is 9.03. The SMILES string of the molecule is O=C(NCCCn1c(-c2ccc(N3CCOCC3)cc2)cs/c1=N\c1ccc(F)cc1)NCc1ccccc1. The van der Waals surface area contributed by atoms with Crippen molar-refractivity contribution in [2.45, 2.75) is 19.5 Å². The van der Waals surface area contributed by atoms with Crippen LogP contribution in [0.1, 0.15) is 12.0 Å². The van der Waals surface area contributed by atoms with E-state index < -0.39 is 0 Å². The highest BCUT2D eigenvalue weighted by molar-refractivity contribution is 7.07. The third-order valence-electron chi connectivity index (χ3n) is 6.53. The number of carbonyl (C=O) groups is 1. The third kappa shape index (κ3) is 7.34. The van der Waals surface area contributed by atoms with Crippen molar-refractivity contribution in [3.63, 3.8) is 0 Å². The predicted octanol–water partition coefficient (Wildman–Crippen LogP) is 5.31. The number of urea groups is 1. The van der Waals surface area contributed by atoms with Gasteiger partial charge in [-0.3, -0.25) is 0 Å². The highest BCUT2D eigenvalue weighted by Gasteiger charge is 2.13. The molecule has 1 aliphatic rings. The maximum Gasteiger partial charge on any atom is 0.315 e. The topological polar surface area (TPSA) is 70.9 Å². The normalized spacial score (nSPS) is 13.9. The summed E-state index contributed by atoms with van der Waals surface area (Å²) in [5.74, 6) is -0.286. The Bertz CT molecular complexity index is 1410. The molecule has 0 saturated carbocycles. The van der Waals surface area contributed by atoms with Gasteiger partial charge in [0, 0.05) is 43.8 Å². The highest BCUT2D eigenvalue weighted by atomic mass is 32.1. The molecule has 2 amide bonds. The first kappa shape index (κ1) is 26.6. The van der Waals surface area contributed by atoms with E-state index in [0.717, 1.165) is 54.3 Å². The second kappa shape index (κ2) is 13.2. The molecule has 2 heterocycles. The van der Waals surface area contributed by atoms with Crippen LogP contribution in [0.2, 0.25) is 0 Å². The minimum Gasteiger partial charge on any atom is -0.378 e. The number of nitrogens with zero attached hydrogens (tertiary/aromatic N) is 3. The van der Waals surface area contributed by atoms with E-state index in [1.165, 1.54) is 17.8 Å². The molecule has 0 atom stereocenters. The van der Waals surface area contributed by atoms with Crippen molar-refractivity contribution in [2.75, 3.05) is 37.7 Å². The van der Waals surface area contributed by atoms with Crippen LogP contribution in [0.4, 0.5) is 20.6 Å². The quantitative estimate of drug-likeness (QED) is 0.280. The Balaban J connectivity index is 1.28. The number of morpholine rings is 1. The molecular weight excluding hydrogens is 513 g/mol. The number of hydrogen-bond acceptors (Lipinski definition) is 5. The minimum atomic E-state index is -0.286. The summed E-state index contributed by atoms with van der Waals surface area (Å²) in [6.07, 6.45) is 0.727. The molecule has 5 rings (SSSR count). The average Bonchev–Trinajstić information content (AvgIpc) is 3.38. The van der Waals surface area contributed by atoms with Crippen LogP contribution in [0.5, 0.6) is 0 Å². The first-order chi connectivity index (χ1) is 19.2. The summed E-state index contributed by atoms with van der Waals surface area (Å²) in [6, 6.07) is 24.4. The second-order valence-electron chi connectivity index (χ2n) is 9.24. The summed E-state index contributed by atoms with van der Waals surface area (Å²) in [5.41, 5.74) is 5.09. The molecule has 0 spiro atoms. The Morgan fingerprint density at radius 3 is 2.44 bits per heavy atom. The van der Waals surface area contributed by atoms with Gasteiger partial charge in [-0.2, -0.15) is 0 Å². The van der Waals surface area contributed by atoms with Crippen molar-refractivity contribution in [2.24, 2.45) is 4.99 Å². The number of aromatic nitrogens is 1. The van der Waals surface area contributed by atoms with E-state index in [2.05, 4.69) is 49.7 Å². The van der Waals surface area contributed by atoms with Gasteiger partial charge in [-0.25, -0.2) is 14.2 Å². The van der Waals surface area contributed by atoms with Gasteiger partial charge in [0.2, 0.25) is 0 Å². The Morgan fingerprint density at radius 2 is 1.69 bits per heavy atom. The predicted molar refractivity (Wildman–Crippen MR) is 154 cm³/mol. The van der Waals surface area contributed by atoms with Crippen LogP contribution in [-0.4, -0.2) is 43.4 Å². The van der Waals surface area contributed by atoms with Gasteiger partial charge in [0.25, 0.3) is 0 Å². The fourth-order valence-electron chi connectivity index (χ4n) is 4.44. The maximum absolute atomic E-state index is 13.4. The van der Waals surface area contributed by atoms with Gasteiger partial charge in [0.15, 0.2) is 4.80 Å². The average molecular weight is 546 g/mol. The molecule has 3 aromatic carbocycles. The largest absolute Gasteiger partial charge is 0.378 e. The number of anilines is 1. The lowest BCUT2D eigenvalue weighted by atomic mass is 10.1. The first-order valence-electron chi connectivity index (χ1n) is 13.1. The maximum atomic E-state index is 13.4. The van der Waals surface area contributed by atoms with E-state index in [9.17, 15) is 9.18 Å². The van der Waals surface area contributed by atoms with E-state index in [4.69, 9.17) is 9.73 Å². The summed E-state index contributed by atoms with van der Waals surface area (Å²) in [4.78, 5) is 20.2. The molecule has 4 aromatic rings. The smallest absolute Gasteiger partial charge is 0.315 e. The number of nitrogens with one attached hydrogen (secondary N) is 2. The van der Waals surface area contributed by atoms with Gasteiger partial charge in [-0.05, 0) is 53.9 Å². The van der Waals surface area contributed by atoms with Crippen LogP contribution >= 0.6 is 11.3 Å². The van der Waals surface area contributed by atoms with E-state index in [1.807, 2.05) is 30.3 Å². The van der Waals surface area contributed by atoms with Gasteiger partial charge < -0.3 is 24.8 Å². The minimum absolute atomic E-state index is 0.190. The van der Waals surface area contributed by atoms with Gasteiger partial charge in [-0.15, -0.1) is 11.3 Å². The van der Waals surface area contributed by atoms with Gasteiger partial charge in [0.05, 0.1) is 24.6 Å². The summed E-state index contributed by atoms with van der Waals surface area (Å²) >= 11 is 1.55. The van der Waals surface area contributed by atoms with Crippen LogP contribution in [-0.2, 0) is 17.8 Å². The van der Waals surface area contributed by atoms with Gasteiger partial charge in [0.1, 0.15) is 5.82 Å². The van der Waals surface area contributed by atoms with Crippen LogP contribution in [0, 0.1) is 5.82 Å². The molecule has 1 aromatic heterocycles. The van der Waals surface area contributed by atoms with Crippen molar-refractivity contribution >= 4 is 28.7 Å². The van der Waals surface area contributed by atoms with E-state index in [1.54, 1.807) is 23.5 Å². The molecular formula is C30H32FN5O2S. The highest BCUT2D eigenvalue weighted by Crippen LogP contribution is 2.25. The van der Waals surface area contributed by atoms with E-state index in [-0.39, 0.29) is 11.8 Å². The van der Waals surface area contributed by atoms with E-state index >= 15 is 0 Å². The Labute approximate surface area is 231 Å². The first-order valence-corrected chi connectivity index (χ1v) is 14.0. The van der Waals surface area contributed by atoms with Crippen LogP contribution in [0.15, 0.2) is 89.2 Å². The number of ether oxygens (including phenoxy) is 1. The molecule has 1 aliphatic heterocycles. The molecule has 7 nitrogen and oxygen atoms in total. The molecule has 1 saturated heterocycles. The fraction of sp³-hybridized carbons (Fsp3) is 0.267. The van der Waals surface area contributed by atoms with Crippen molar-refractivity contribution in [3.05, 3.63) is 100 Å². The second-order valence-corrected chi connectivity index (χ2v) is 10.1. The van der Waals surface area contributed by atoms with Gasteiger partial charge >= 0.3 is 6.03 Å². The lowest BCUT2D eigenvalue weighted by Gasteiger charge is -2.28. The summed E-state index contributed by atoms with van der Waals surface area (Å²) in [6.45, 7) is 4.96. The summed E-state index contributed by atoms with van der Waals surface area (Å²) in [7, 11) is 0. The molecule has 0 aliphatic carbocycles. The summed E-state index contributed by atoms with van der Waals surface area (Å²) in [5, 5.41) is 7.94. The molecule has 0 radical (unpaired) electrons. The van der Waals surface area contributed by atoms with Gasteiger partial charge in [-0.1, -0.05) is 42.5 Å². The number of halogens is 1. The number of rotatable bonds is 9. The zero-order valence-corrected chi connectivity index (χ0v) is 22.5. The zero-order chi connectivity index (χ0) is 26.9. The van der Waals surface area contributed by atoms with Crippen LogP contribution < -0.4 is 20.3 Å².